The Kier molecular flexibility index (Phi) is 7.46. The maximum atomic E-state index is 12.0. The lowest BCUT2D eigenvalue weighted by Gasteiger charge is -2.04. The number of nitrogens with one attached hydrogen (secondary N) is 3. The molecule has 11 heteroatoms. The quantitative estimate of drug-likeness (QED) is 0.346. The van der Waals surface area contributed by atoms with Crippen LogP contribution in [0.5, 0.6) is 5.75 Å². The highest BCUT2D eigenvalue weighted by Crippen LogP contribution is 2.18. The number of carbonyl (C=O) groups excluding carboxylic acids is 2. The number of methoxy groups -OCH3 is 1. The van der Waals surface area contributed by atoms with E-state index < -0.39 is 6.03 Å². The SMILES string of the molecule is COc1ccccc1/C=N\NC(=O)Cc1nnc(NC(=O)Nc2ccc(Br)cc2)s1. The van der Waals surface area contributed by atoms with Crippen molar-refractivity contribution in [3.05, 3.63) is 63.6 Å². The summed E-state index contributed by atoms with van der Waals surface area (Å²) in [5.41, 5.74) is 3.80. The van der Waals surface area contributed by atoms with E-state index in [1.54, 1.807) is 25.3 Å². The third-order valence-corrected chi connectivity index (χ3v) is 5.00. The monoisotopic (exact) mass is 488 g/mol. The fourth-order valence-electron chi connectivity index (χ4n) is 2.29. The van der Waals surface area contributed by atoms with Gasteiger partial charge in [-0.2, -0.15) is 5.10 Å². The van der Waals surface area contributed by atoms with Gasteiger partial charge in [-0.25, -0.2) is 10.2 Å². The minimum atomic E-state index is -0.453. The van der Waals surface area contributed by atoms with Gasteiger partial charge in [0.25, 0.3) is 0 Å². The number of hydrogen-bond acceptors (Lipinski definition) is 7. The molecule has 3 amide bonds. The van der Waals surface area contributed by atoms with Crippen molar-refractivity contribution >= 4 is 56.2 Å². The van der Waals surface area contributed by atoms with Crippen molar-refractivity contribution in [3.63, 3.8) is 0 Å². The molecule has 30 heavy (non-hydrogen) atoms. The largest absolute Gasteiger partial charge is 0.496 e. The van der Waals surface area contributed by atoms with E-state index in [0.717, 1.165) is 21.4 Å². The summed E-state index contributed by atoms with van der Waals surface area (Å²) in [6.07, 6.45) is 1.48. The molecule has 0 bridgehead atoms. The van der Waals surface area contributed by atoms with E-state index >= 15 is 0 Å². The van der Waals surface area contributed by atoms with Gasteiger partial charge in [0.15, 0.2) is 0 Å². The molecule has 0 saturated carbocycles. The van der Waals surface area contributed by atoms with Crippen LogP contribution < -0.4 is 20.8 Å². The van der Waals surface area contributed by atoms with E-state index in [1.807, 2.05) is 30.3 Å². The summed E-state index contributed by atoms with van der Waals surface area (Å²) in [6.45, 7) is 0. The highest BCUT2D eigenvalue weighted by atomic mass is 79.9. The second-order valence-corrected chi connectivity index (χ2v) is 7.78. The lowest BCUT2D eigenvalue weighted by molar-refractivity contribution is -0.120. The molecule has 0 unspecified atom stereocenters. The first-order valence-corrected chi connectivity index (χ1v) is 10.3. The third-order valence-electron chi connectivity index (χ3n) is 3.63. The van der Waals surface area contributed by atoms with Gasteiger partial charge in [0.2, 0.25) is 11.0 Å². The highest BCUT2D eigenvalue weighted by Gasteiger charge is 2.11. The first-order valence-electron chi connectivity index (χ1n) is 8.64. The van der Waals surface area contributed by atoms with E-state index in [1.165, 1.54) is 6.21 Å². The summed E-state index contributed by atoms with van der Waals surface area (Å²) in [4.78, 5) is 24.1. The predicted octanol–water partition coefficient (Wildman–Crippen LogP) is 3.65. The fraction of sp³-hybridized carbons (Fsp3) is 0.105. The molecule has 0 atom stereocenters. The number of nitrogens with zero attached hydrogens (tertiary/aromatic N) is 3. The Morgan fingerprint density at radius 2 is 1.90 bits per heavy atom. The van der Waals surface area contributed by atoms with E-state index in [0.29, 0.717) is 16.4 Å². The van der Waals surface area contributed by atoms with Crippen LogP contribution in [-0.2, 0) is 11.2 Å². The summed E-state index contributed by atoms with van der Waals surface area (Å²) in [6, 6.07) is 14.0. The molecule has 0 aliphatic carbocycles. The summed E-state index contributed by atoms with van der Waals surface area (Å²) in [5, 5.41) is 17.7. The van der Waals surface area contributed by atoms with Gasteiger partial charge in [-0.1, -0.05) is 39.4 Å². The first-order chi connectivity index (χ1) is 14.5. The van der Waals surface area contributed by atoms with Gasteiger partial charge >= 0.3 is 6.03 Å². The van der Waals surface area contributed by atoms with Crippen LogP contribution in [0.2, 0.25) is 0 Å². The van der Waals surface area contributed by atoms with Gasteiger partial charge in [0.1, 0.15) is 10.8 Å². The molecule has 3 aromatic rings. The van der Waals surface area contributed by atoms with Crippen LogP contribution in [0.3, 0.4) is 0 Å². The molecular weight excluding hydrogens is 472 g/mol. The van der Waals surface area contributed by atoms with E-state index in [4.69, 9.17) is 4.74 Å². The van der Waals surface area contributed by atoms with Gasteiger partial charge < -0.3 is 10.1 Å². The van der Waals surface area contributed by atoms with Crippen molar-refractivity contribution in [2.75, 3.05) is 17.7 Å². The van der Waals surface area contributed by atoms with Crippen LogP contribution >= 0.6 is 27.3 Å². The average Bonchev–Trinajstić information content (AvgIpc) is 3.16. The van der Waals surface area contributed by atoms with Crippen molar-refractivity contribution in [1.82, 2.24) is 15.6 Å². The predicted molar refractivity (Wildman–Crippen MR) is 119 cm³/mol. The zero-order chi connectivity index (χ0) is 21.3. The minimum Gasteiger partial charge on any atom is -0.496 e. The third kappa shape index (κ3) is 6.36. The topological polar surface area (TPSA) is 118 Å². The van der Waals surface area contributed by atoms with Crippen LogP contribution in [0.4, 0.5) is 15.6 Å². The standard InChI is InChI=1S/C19H17BrN6O3S/c1-29-15-5-3-2-4-12(15)11-21-24-16(27)10-17-25-26-19(30-17)23-18(28)22-14-8-6-13(20)7-9-14/h2-9,11H,10H2,1H3,(H,24,27)(H2,22,23,26,28)/b21-11-. The van der Waals surface area contributed by atoms with E-state index in [-0.39, 0.29) is 17.5 Å². The zero-order valence-corrected chi connectivity index (χ0v) is 18.2. The van der Waals surface area contributed by atoms with Crippen molar-refractivity contribution in [3.8, 4) is 5.75 Å². The van der Waals surface area contributed by atoms with Crippen molar-refractivity contribution in [1.29, 1.82) is 0 Å². The summed E-state index contributed by atoms with van der Waals surface area (Å²) < 4.78 is 6.12. The van der Waals surface area contributed by atoms with Gasteiger partial charge in [0.05, 0.1) is 19.7 Å². The number of aromatic nitrogens is 2. The molecule has 2 aromatic carbocycles. The molecule has 0 fully saturated rings. The lowest BCUT2D eigenvalue weighted by Crippen LogP contribution is -2.19. The number of amides is 3. The Hall–Kier alpha value is -3.31. The molecule has 1 heterocycles. The van der Waals surface area contributed by atoms with Crippen LogP contribution in [0, 0.1) is 0 Å². The average molecular weight is 489 g/mol. The smallest absolute Gasteiger partial charge is 0.325 e. The van der Waals surface area contributed by atoms with Crippen molar-refractivity contribution in [2.45, 2.75) is 6.42 Å². The van der Waals surface area contributed by atoms with Crippen molar-refractivity contribution < 1.29 is 14.3 Å². The number of para-hydroxylation sites is 1. The van der Waals surface area contributed by atoms with Crippen LogP contribution in [0.15, 0.2) is 58.1 Å². The minimum absolute atomic E-state index is 0.0169. The van der Waals surface area contributed by atoms with Gasteiger partial charge in [-0.3, -0.25) is 10.1 Å². The Morgan fingerprint density at radius 3 is 2.67 bits per heavy atom. The highest BCUT2D eigenvalue weighted by molar-refractivity contribution is 9.10. The maximum Gasteiger partial charge on any atom is 0.325 e. The molecule has 0 radical (unpaired) electrons. The number of hydrazone groups is 1. The number of halogens is 1. The van der Waals surface area contributed by atoms with Gasteiger partial charge in [-0.15, -0.1) is 10.2 Å². The summed E-state index contributed by atoms with van der Waals surface area (Å²) in [5.74, 6) is 0.292. The molecule has 9 nitrogen and oxygen atoms in total. The molecule has 0 saturated heterocycles. The van der Waals surface area contributed by atoms with E-state index in [9.17, 15) is 9.59 Å². The number of urea groups is 1. The zero-order valence-electron chi connectivity index (χ0n) is 15.8. The molecule has 0 aliphatic heterocycles. The molecule has 0 spiro atoms. The normalized spacial score (nSPS) is 10.6. The Labute approximate surface area is 184 Å². The van der Waals surface area contributed by atoms with Crippen LogP contribution in [-0.4, -0.2) is 35.5 Å². The number of carbonyl (C=O) groups is 2. The molecule has 0 aliphatic rings. The summed E-state index contributed by atoms with van der Waals surface area (Å²) in [7, 11) is 1.56. The summed E-state index contributed by atoms with van der Waals surface area (Å²) >= 11 is 4.43. The van der Waals surface area contributed by atoms with Crippen LogP contribution in [0.25, 0.3) is 0 Å². The molecule has 3 N–H and O–H groups in total. The second-order valence-electron chi connectivity index (χ2n) is 5.80. The number of hydrogen-bond donors (Lipinski definition) is 3. The number of ether oxygens (including phenoxy) is 1. The van der Waals surface area contributed by atoms with Crippen LogP contribution in [0.1, 0.15) is 10.6 Å². The Balaban J connectivity index is 1.48. The molecule has 1 aromatic heterocycles. The number of anilines is 2. The molecule has 154 valence electrons. The molecule has 3 rings (SSSR count). The Bertz CT molecular complexity index is 1050. The van der Waals surface area contributed by atoms with Gasteiger partial charge in [0, 0.05) is 15.7 Å². The lowest BCUT2D eigenvalue weighted by atomic mass is 10.2. The second kappa shape index (κ2) is 10.5. The number of rotatable bonds is 7. The molecular formula is C19H17BrN6O3S. The fourth-order valence-corrected chi connectivity index (χ4v) is 3.29. The number of benzene rings is 2. The van der Waals surface area contributed by atoms with Gasteiger partial charge in [-0.05, 0) is 36.4 Å². The maximum absolute atomic E-state index is 12.0. The Morgan fingerprint density at radius 1 is 1.13 bits per heavy atom. The van der Waals surface area contributed by atoms with E-state index in [2.05, 4.69) is 47.3 Å². The van der Waals surface area contributed by atoms with Crippen molar-refractivity contribution in [2.24, 2.45) is 5.10 Å². The first kappa shape index (κ1) is 21.4.